The third kappa shape index (κ3) is 1.72. The molecule has 0 aliphatic heterocycles. The number of hydrogen-bond donors (Lipinski definition) is 0. The second kappa shape index (κ2) is 3.92. The summed E-state index contributed by atoms with van der Waals surface area (Å²) in [7, 11) is 0. The van der Waals surface area contributed by atoms with E-state index in [1.165, 1.54) is 0 Å². The van der Waals surface area contributed by atoms with Crippen molar-refractivity contribution in [1.29, 1.82) is 5.26 Å². The van der Waals surface area contributed by atoms with Gasteiger partial charge in [-0.3, -0.25) is 0 Å². The molecule has 0 saturated heterocycles. The lowest BCUT2D eigenvalue weighted by Crippen LogP contribution is -2.14. The van der Waals surface area contributed by atoms with E-state index in [0.717, 1.165) is 20.8 Å². The molecule has 2 aromatic rings. The lowest BCUT2D eigenvalue weighted by atomic mass is 9.83. The van der Waals surface area contributed by atoms with Crippen molar-refractivity contribution in [2.24, 2.45) is 0 Å². The molecule has 2 rings (SSSR count). The third-order valence-corrected chi connectivity index (χ3v) is 3.47. The number of nitriles is 1. The van der Waals surface area contributed by atoms with Crippen molar-refractivity contribution < 1.29 is 0 Å². The molecular weight excluding hydrogens is 262 g/mol. The Balaban J connectivity index is 2.87. The maximum absolute atomic E-state index is 9.23. The zero-order valence-electron chi connectivity index (χ0n) is 9.29. The van der Waals surface area contributed by atoms with Crippen LogP contribution in [0.1, 0.15) is 19.4 Å². The molecule has 0 atom stereocenters. The molecule has 0 unspecified atom stereocenters. The second-order valence-electron chi connectivity index (χ2n) is 4.38. The Hall–Kier alpha value is -1.33. The first kappa shape index (κ1) is 11.2. The topological polar surface area (TPSA) is 23.8 Å². The van der Waals surface area contributed by atoms with E-state index in [0.29, 0.717) is 0 Å². The van der Waals surface area contributed by atoms with Gasteiger partial charge >= 0.3 is 0 Å². The van der Waals surface area contributed by atoms with Gasteiger partial charge in [0.25, 0.3) is 0 Å². The summed E-state index contributed by atoms with van der Waals surface area (Å²) in [6, 6.07) is 14.5. The third-order valence-electron chi connectivity index (χ3n) is 2.81. The Morgan fingerprint density at radius 2 is 1.75 bits per heavy atom. The molecule has 0 N–H and O–H groups in total. The summed E-state index contributed by atoms with van der Waals surface area (Å²) in [4.78, 5) is 0. The summed E-state index contributed by atoms with van der Waals surface area (Å²) < 4.78 is 1.05. The number of hydrogen-bond acceptors (Lipinski definition) is 1. The molecule has 1 nitrogen and oxygen atoms in total. The summed E-state index contributed by atoms with van der Waals surface area (Å²) in [6.45, 7) is 3.89. The van der Waals surface area contributed by atoms with Crippen LogP contribution in [0.25, 0.3) is 10.8 Å². The summed E-state index contributed by atoms with van der Waals surface area (Å²) in [5.41, 5.74) is 0.601. The number of fused-ring (bicyclic) bond motifs is 1. The SMILES string of the molecule is CC(C)(C#N)c1cccc2cccc(Br)c12. The van der Waals surface area contributed by atoms with Gasteiger partial charge in [-0.15, -0.1) is 0 Å². The van der Waals surface area contributed by atoms with Gasteiger partial charge in [-0.25, -0.2) is 0 Å². The van der Waals surface area contributed by atoms with E-state index < -0.39 is 5.41 Å². The molecule has 0 aliphatic rings. The molecule has 16 heavy (non-hydrogen) atoms. The van der Waals surface area contributed by atoms with Gasteiger partial charge in [0.2, 0.25) is 0 Å². The maximum Gasteiger partial charge on any atom is 0.0772 e. The largest absolute Gasteiger partial charge is 0.197 e. The Morgan fingerprint density at radius 3 is 2.38 bits per heavy atom. The minimum absolute atomic E-state index is 0.469. The predicted molar refractivity (Wildman–Crippen MR) is 70.3 cm³/mol. The molecule has 0 aromatic heterocycles. The number of benzene rings is 2. The Morgan fingerprint density at radius 1 is 1.12 bits per heavy atom. The van der Waals surface area contributed by atoms with Crippen LogP contribution in [0.5, 0.6) is 0 Å². The fourth-order valence-corrected chi connectivity index (χ4v) is 2.47. The van der Waals surface area contributed by atoms with Crippen molar-refractivity contribution in [3.8, 4) is 6.07 Å². The lowest BCUT2D eigenvalue weighted by Gasteiger charge is -2.19. The van der Waals surface area contributed by atoms with E-state index in [-0.39, 0.29) is 0 Å². The summed E-state index contributed by atoms with van der Waals surface area (Å²) in [5, 5.41) is 11.5. The molecule has 0 bridgehead atoms. The average Bonchev–Trinajstić information content (AvgIpc) is 2.29. The smallest absolute Gasteiger partial charge is 0.0772 e. The van der Waals surface area contributed by atoms with Crippen LogP contribution in [-0.4, -0.2) is 0 Å². The van der Waals surface area contributed by atoms with Gasteiger partial charge in [0, 0.05) is 9.86 Å². The van der Waals surface area contributed by atoms with Gasteiger partial charge in [-0.2, -0.15) is 5.26 Å². The molecule has 0 fully saturated rings. The normalized spacial score (nSPS) is 11.4. The van der Waals surface area contributed by atoms with Crippen molar-refractivity contribution in [1.82, 2.24) is 0 Å². The first-order chi connectivity index (χ1) is 7.56. The van der Waals surface area contributed by atoms with E-state index in [4.69, 9.17) is 0 Å². The van der Waals surface area contributed by atoms with Gasteiger partial charge in [-0.05, 0) is 30.9 Å². The standard InChI is InChI=1S/C14H12BrN/c1-14(2,9-16)11-7-3-5-10-6-4-8-12(15)13(10)11/h3-8H,1-2H3. The number of rotatable bonds is 1. The van der Waals surface area contributed by atoms with Gasteiger partial charge in [0.15, 0.2) is 0 Å². The quantitative estimate of drug-likeness (QED) is 0.755. The van der Waals surface area contributed by atoms with E-state index in [1.807, 2.05) is 38.1 Å². The highest BCUT2D eigenvalue weighted by Gasteiger charge is 2.22. The second-order valence-corrected chi connectivity index (χ2v) is 5.23. The fraction of sp³-hybridized carbons (Fsp3) is 0.214. The van der Waals surface area contributed by atoms with Gasteiger partial charge in [0.1, 0.15) is 0 Å². The molecule has 2 aromatic carbocycles. The van der Waals surface area contributed by atoms with Gasteiger partial charge in [0.05, 0.1) is 11.5 Å². The molecule has 0 radical (unpaired) electrons. The van der Waals surface area contributed by atoms with Crippen LogP contribution < -0.4 is 0 Å². The Kier molecular flexibility index (Phi) is 2.73. The molecule has 0 amide bonds. The van der Waals surface area contributed by atoms with Crippen LogP contribution in [-0.2, 0) is 5.41 Å². The average molecular weight is 274 g/mol. The Bertz CT molecular complexity index is 574. The van der Waals surface area contributed by atoms with E-state index >= 15 is 0 Å². The molecule has 2 heteroatoms. The van der Waals surface area contributed by atoms with Crippen LogP contribution in [0, 0.1) is 11.3 Å². The lowest BCUT2D eigenvalue weighted by molar-refractivity contribution is 0.693. The number of nitrogens with zero attached hydrogens (tertiary/aromatic N) is 1. The Labute approximate surface area is 104 Å². The van der Waals surface area contributed by atoms with Crippen LogP contribution >= 0.6 is 15.9 Å². The number of halogens is 1. The first-order valence-electron chi connectivity index (χ1n) is 5.15. The van der Waals surface area contributed by atoms with Gasteiger partial charge in [-0.1, -0.05) is 46.3 Å². The van der Waals surface area contributed by atoms with Crippen molar-refractivity contribution in [3.05, 3.63) is 46.4 Å². The van der Waals surface area contributed by atoms with E-state index in [9.17, 15) is 5.26 Å². The minimum Gasteiger partial charge on any atom is -0.197 e. The fourth-order valence-electron chi connectivity index (χ4n) is 1.88. The summed E-state index contributed by atoms with van der Waals surface area (Å²) in [6.07, 6.45) is 0. The van der Waals surface area contributed by atoms with Crippen molar-refractivity contribution >= 4 is 26.7 Å². The zero-order valence-corrected chi connectivity index (χ0v) is 10.9. The molecule has 0 spiro atoms. The monoisotopic (exact) mass is 273 g/mol. The minimum atomic E-state index is -0.469. The molecule has 0 saturated carbocycles. The maximum atomic E-state index is 9.23. The highest BCUT2D eigenvalue weighted by molar-refractivity contribution is 9.10. The van der Waals surface area contributed by atoms with Crippen molar-refractivity contribution in [2.45, 2.75) is 19.3 Å². The molecule has 0 heterocycles. The summed E-state index contributed by atoms with van der Waals surface area (Å²) in [5.74, 6) is 0. The van der Waals surface area contributed by atoms with Crippen molar-refractivity contribution in [3.63, 3.8) is 0 Å². The van der Waals surface area contributed by atoms with Crippen LogP contribution in [0.2, 0.25) is 0 Å². The molecule has 0 aliphatic carbocycles. The van der Waals surface area contributed by atoms with Crippen molar-refractivity contribution in [2.75, 3.05) is 0 Å². The highest BCUT2D eigenvalue weighted by atomic mass is 79.9. The predicted octanol–water partition coefficient (Wildman–Crippen LogP) is 4.40. The molecule has 80 valence electrons. The van der Waals surface area contributed by atoms with Gasteiger partial charge < -0.3 is 0 Å². The van der Waals surface area contributed by atoms with E-state index in [2.05, 4.69) is 34.1 Å². The summed E-state index contributed by atoms with van der Waals surface area (Å²) >= 11 is 3.56. The van der Waals surface area contributed by atoms with Crippen LogP contribution in [0.3, 0.4) is 0 Å². The van der Waals surface area contributed by atoms with Crippen LogP contribution in [0.15, 0.2) is 40.9 Å². The van der Waals surface area contributed by atoms with E-state index in [1.54, 1.807) is 0 Å². The molecular formula is C14H12BrN. The highest BCUT2D eigenvalue weighted by Crippen LogP contribution is 2.34. The first-order valence-corrected chi connectivity index (χ1v) is 5.94. The zero-order chi connectivity index (χ0) is 11.8. The van der Waals surface area contributed by atoms with Crippen LogP contribution in [0.4, 0.5) is 0 Å².